The summed E-state index contributed by atoms with van der Waals surface area (Å²) >= 11 is 0. The van der Waals surface area contributed by atoms with Crippen molar-refractivity contribution in [2.45, 2.75) is 175 Å². The minimum atomic E-state index is 1.04. The van der Waals surface area contributed by atoms with Crippen LogP contribution in [0.5, 0.6) is 0 Å². The fourth-order valence-corrected chi connectivity index (χ4v) is 45.7. The predicted molar refractivity (Wildman–Crippen MR) is 320 cm³/mol. The number of hydrogen-bond acceptors (Lipinski definition) is 0. The Hall–Kier alpha value is 0. The third kappa shape index (κ3) is 4.50. The molecule has 0 spiro atoms. The maximum absolute atomic E-state index is 3.09. The zero-order valence-corrected chi connectivity index (χ0v) is 51.7. The van der Waals surface area contributed by atoms with E-state index in [-0.39, 0.29) is 0 Å². The second-order valence-electron chi connectivity index (χ2n) is 42.1. The molecule has 0 aliphatic heterocycles. The Morgan fingerprint density at radius 3 is 0.890 bits per heavy atom. The first-order chi connectivity index (χ1) is 40.5. The molecule has 0 heteroatoms. The van der Waals surface area contributed by atoms with Crippen molar-refractivity contribution in [1.29, 1.82) is 0 Å². The third-order valence-corrected chi connectivity index (χ3v) is 43.2. The summed E-state index contributed by atoms with van der Waals surface area (Å²) in [4.78, 5) is 0. The summed E-state index contributed by atoms with van der Waals surface area (Å²) in [7, 11) is 0. The van der Waals surface area contributed by atoms with Gasteiger partial charge in [-0.05, 0) is 428 Å². The Kier molecular flexibility index (Phi) is 8.16. The van der Waals surface area contributed by atoms with Crippen LogP contribution < -0.4 is 0 Å². The van der Waals surface area contributed by atoms with Gasteiger partial charge in [-0.25, -0.2) is 0 Å². The highest BCUT2D eigenvalue weighted by Crippen LogP contribution is 2.93. The van der Waals surface area contributed by atoms with E-state index in [1.165, 1.54) is 231 Å². The molecule has 0 bridgehead atoms. The van der Waals surface area contributed by atoms with Crippen molar-refractivity contribution >= 4 is 0 Å². The van der Waals surface area contributed by atoms with E-state index in [9.17, 15) is 0 Å². The minimum absolute atomic E-state index is 1.04. The molecule has 27 aliphatic rings. The van der Waals surface area contributed by atoms with Gasteiger partial charge in [0.25, 0.3) is 0 Å². The smallest absolute Gasteiger partial charge is 0.0312 e. The molecule has 27 rings (SSSR count). The van der Waals surface area contributed by atoms with Crippen molar-refractivity contribution in [3.63, 3.8) is 0 Å². The molecule has 0 N–H and O–H groups in total. The van der Waals surface area contributed by atoms with Crippen molar-refractivity contribution in [2.75, 3.05) is 0 Å². The maximum atomic E-state index is 3.09. The first kappa shape index (κ1) is 46.1. The van der Waals surface area contributed by atoms with Crippen LogP contribution in [0.3, 0.4) is 0 Å². The zero-order chi connectivity index (χ0) is 51.7. The van der Waals surface area contributed by atoms with E-state index in [1.54, 1.807) is 154 Å². The van der Waals surface area contributed by atoms with E-state index in [1.807, 2.05) is 0 Å². The summed E-state index contributed by atoms with van der Waals surface area (Å²) in [5, 5.41) is 0. The Labute approximate surface area is 497 Å². The van der Waals surface area contributed by atoms with Gasteiger partial charge in [-0.3, -0.25) is 0 Å². The molecule has 0 amide bonds. The van der Waals surface area contributed by atoms with E-state index in [0.29, 0.717) is 0 Å². The van der Waals surface area contributed by atoms with Crippen LogP contribution in [0.2, 0.25) is 0 Å². The van der Waals surface area contributed by atoms with Crippen LogP contribution in [0.15, 0.2) is 0 Å². The standard InChI is InChI=1S/C82H112/c1-28-7-4-8-32-23-40-26-42-27-41-25-34-11-6-12-43-50(34)66-57(41)70-58(42)69-55(40)59(46(28)32)44-17-15-37-21-35-13-14-36-22-38-16-18-45-61-47-29(2)19-31-9-5-10-33-24-39-20-30(3)48-60(43)72-75(66)82-78(70)80-73(69)62(44)53(37)67-51(35)52(36)68-54(38)63(45)74(81(82)77(68)76(67)80)79(72)71(61)65(48)56(39)64(47)49(31)33/h28-82H,4-27H2,1-3H3. The van der Waals surface area contributed by atoms with Gasteiger partial charge in [0.2, 0.25) is 0 Å². The van der Waals surface area contributed by atoms with E-state index < -0.39 is 0 Å². The summed E-state index contributed by atoms with van der Waals surface area (Å²) in [5.74, 6) is 65.1. The van der Waals surface area contributed by atoms with E-state index in [2.05, 4.69) is 20.8 Å². The molecule has 27 aliphatic carbocycles. The fraction of sp³-hybridized carbons (Fsp3) is 1.00. The number of rotatable bonds is 0. The van der Waals surface area contributed by atoms with Crippen LogP contribution in [0, 0.1) is 325 Å². The Morgan fingerprint density at radius 1 is 0.134 bits per heavy atom. The lowest BCUT2D eigenvalue weighted by Gasteiger charge is -2.90. The summed E-state index contributed by atoms with van der Waals surface area (Å²) in [5.41, 5.74) is 0. The molecule has 0 saturated heterocycles. The highest BCUT2D eigenvalue weighted by Gasteiger charge is 2.89. The van der Waals surface area contributed by atoms with Crippen LogP contribution in [0.4, 0.5) is 0 Å². The summed E-state index contributed by atoms with van der Waals surface area (Å²) in [6.45, 7) is 9.04. The molecule has 440 valence electrons. The molecule has 27 fully saturated rings. The monoisotopic (exact) mass is 1100 g/mol. The average Bonchev–Trinajstić information content (AvgIpc) is 2.03. The third-order valence-electron chi connectivity index (χ3n) is 43.2. The largest absolute Gasteiger partial charge is 0.0622 e. The topological polar surface area (TPSA) is 0 Å². The summed E-state index contributed by atoms with van der Waals surface area (Å²) < 4.78 is 0. The van der Waals surface area contributed by atoms with Crippen molar-refractivity contribution in [1.82, 2.24) is 0 Å². The zero-order valence-electron chi connectivity index (χ0n) is 51.7. The first-order valence-electron chi connectivity index (χ1n) is 40.5. The van der Waals surface area contributed by atoms with E-state index >= 15 is 0 Å². The van der Waals surface area contributed by atoms with Crippen LogP contribution in [0.25, 0.3) is 0 Å². The molecule has 0 radical (unpaired) electrons. The molecule has 82 heavy (non-hydrogen) atoms. The highest BCUT2D eigenvalue weighted by molar-refractivity contribution is 5.36. The Morgan fingerprint density at radius 2 is 0.378 bits per heavy atom. The predicted octanol–water partition coefficient (Wildman–Crippen LogP) is 17.7. The Bertz CT molecular complexity index is 2860. The normalized spacial score (nSPS) is 79.6. The quantitative estimate of drug-likeness (QED) is 0.227. The molecule has 27 saturated carbocycles. The second kappa shape index (κ2) is 14.5. The second-order valence-corrected chi connectivity index (χ2v) is 42.1. The van der Waals surface area contributed by atoms with Gasteiger partial charge >= 0.3 is 0 Å². The lowest BCUT2D eigenvalue weighted by atomic mass is 9.15. The molecule has 0 aromatic rings. The van der Waals surface area contributed by atoms with Crippen molar-refractivity contribution < 1.29 is 0 Å². The van der Waals surface area contributed by atoms with Crippen molar-refractivity contribution in [3.8, 4) is 0 Å². The molecule has 0 aromatic carbocycles. The molecule has 0 heterocycles. The van der Waals surface area contributed by atoms with Gasteiger partial charge in [-0.2, -0.15) is 0 Å². The van der Waals surface area contributed by atoms with Gasteiger partial charge in [0, 0.05) is 0 Å². The molecule has 55 unspecified atom stereocenters. The van der Waals surface area contributed by atoms with Gasteiger partial charge < -0.3 is 0 Å². The molecular weight excluding hydrogens is 985 g/mol. The molecular formula is C82H112. The van der Waals surface area contributed by atoms with Crippen LogP contribution in [0.1, 0.15) is 175 Å². The van der Waals surface area contributed by atoms with Gasteiger partial charge in [0.1, 0.15) is 0 Å². The van der Waals surface area contributed by atoms with Gasteiger partial charge in [-0.15, -0.1) is 0 Å². The van der Waals surface area contributed by atoms with Crippen LogP contribution in [-0.2, 0) is 0 Å². The highest BCUT2D eigenvalue weighted by atomic mass is 14.9. The van der Waals surface area contributed by atoms with Gasteiger partial charge in [0.15, 0.2) is 0 Å². The van der Waals surface area contributed by atoms with E-state index in [0.717, 1.165) is 94.7 Å². The fourth-order valence-electron chi connectivity index (χ4n) is 45.7. The lowest BCUT2D eigenvalue weighted by Crippen LogP contribution is -2.86. The van der Waals surface area contributed by atoms with Crippen LogP contribution in [-0.4, -0.2) is 0 Å². The van der Waals surface area contributed by atoms with Crippen LogP contribution >= 0.6 is 0 Å². The van der Waals surface area contributed by atoms with Crippen molar-refractivity contribution in [3.05, 3.63) is 0 Å². The Balaban J connectivity index is 0.746. The molecule has 0 nitrogen and oxygen atoms in total. The van der Waals surface area contributed by atoms with Gasteiger partial charge in [0.05, 0.1) is 0 Å². The average molecular weight is 1100 g/mol. The number of hydrogen-bond donors (Lipinski definition) is 0. The minimum Gasteiger partial charge on any atom is -0.0622 e. The lowest BCUT2D eigenvalue weighted by molar-refractivity contribution is -0.429. The summed E-state index contributed by atoms with van der Waals surface area (Å²) in [6, 6.07) is 0. The first-order valence-corrected chi connectivity index (χ1v) is 40.5. The maximum Gasteiger partial charge on any atom is -0.0312 e. The molecule has 0 aromatic heterocycles. The van der Waals surface area contributed by atoms with Gasteiger partial charge in [-0.1, -0.05) is 72.1 Å². The van der Waals surface area contributed by atoms with E-state index in [4.69, 9.17) is 0 Å². The van der Waals surface area contributed by atoms with Crippen molar-refractivity contribution in [2.24, 2.45) is 325 Å². The SMILES string of the molecule is CC1CCCC2CC3CC4CC5CC6CCCC7C6C6C5C5C4C4C3C(C3CCC8CC9CCC%10CC%11CCC%12C%13C%14C(C)CC%15CCCC%16CC%17CC(C)C%18C7C7C(C%13C%18C%17C%14C%15%16)C%13C%12C%11C%11C%10C9C9C8C3C4C3C9C%11C%13C(C67)C53)C12. The summed E-state index contributed by atoms with van der Waals surface area (Å²) in [6.07, 6.45) is 41.2. The molecule has 55 atom stereocenters. The number of fused-ring (bicyclic) bond motifs is 7.